The van der Waals surface area contributed by atoms with E-state index in [0.29, 0.717) is 24.3 Å². The molecule has 0 fully saturated rings. The Balaban J connectivity index is 1.32. The summed E-state index contributed by atoms with van der Waals surface area (Å²) >= 11 is 0. The van der Waals surface area contributed by atoms with Crippen molar-refractivity contribution in [2.75, 3.05) is 11.6 Å². The van der Waals surface area contributed by atoms with Gasteiger partial charge in [-0.1, -0.05) is 65.8 Å². The smallest absolute Gasteiger partial charge is 0.320 e. The van der Waals surface area contributed by atoms with Crippen molar-refractivity contribution >= 4 is 27.6 Å². The minimum Gasteiger partial charge on any atom is -0.484 e. The first kappa shape index (κ1) is 31.3. The molecule has 3 heterocycles. The molecule has 0 unspecified atom stereocenters. The number of hydrogen-bond acceptors (Lipinski definition) is 9. The van der Waals surface area contributed by atoms with Crippen molar-refractivity contribution in [3.05, 3.63) is 77.1 Å². The third-order valence-corrected chi connectivity index (χ3v) is 7.80. The van der Waals surface area contributed by atoms with E-state index < -0.39 is 16.1 Å². The molecule has 0 radical (unpaired) electrons. The van der Waals surface area contributed by atoms with Crippen LogP contribution in [-0.4, -0.2) is 45.3 Å². The summed E-state index contributed by atoms with van der Waals surface area (Å²) in [6.45, 7) is 11.8. The second kappa shape index (κ2) is 11.8. The van der Waals surface area contributed by atoms with Crippen LogP contribution in [0.3, 0.4) is 0 Å². The number of nitrogens with zero attached hydrogens (tertiary/aromatic N) is 5. The van der Waals surface area contributed by atoms with Crippen molar-refractivity contribution in [2.45, 2.75) is 84.0 Å². The highest BCUT2D eigenvalue weighted by atomic mass is 32.2. The molecule has 5 rings (SSSR count). The van der Waals surface area contributed by atoms with Gasteiger partial charge in [0.2, 0.25) is 0 Å². The van der Waals surface area contributed by atoms with E-state index in [1.165, 1.54) is 0 Å². The van der Waals surface area contributed by atoms with Gasteiger partial charge in [0.15, 0.2) is 11.5 Å². The van der Waals surface area contributed by atoms with Crippen LogP contribution in [0.4, 0.5) is 10.6 Å². The van der Waals surface area contributed by atoms with E-state index in [1.807, 2.05) is 67.8 Å². The molecule has 44 heavy (non-hydrogen) atoms. The number of carbonyl (C=O) groups is 1. The largest absolute Gasteiger partial charge is 0.484 e. The van der Waals surface area contributed by atoms with E-state index in [9.17, 15) is 13.2 Å². The van der Waals surface area contributed by atoms with Crippen molar-refractivity contribution in [2.24, 2.45) is 0 Å². The fourth-order valence-corrected chi connectivity index (χ4v) is 5.44. The highest BCUT2D eigenvalue weighted by molar-refractivity contribution is 7.85. The highest BCUT2D eigenvalue weighted by Crippen LogP contribution is 2.39. The fraction of sp³-hybridized carbons (Fsp3) is 0.452. The minimum atomic E-state index is -3.69. The van der Waals surface area contributed by atoms with E-state index in [2.05, 4.69) is 51.6 Å². The standard InChI is InChI=1S/C31H39N7O5S/c1-30(2,3)24-16-25(34-26(33-24)18-42-44(7,40)41)35-29(39)32-22-13-14-23(21-11-9-8-10-20(21)22)43-19-12-15-27-36-37-28(31(4,5)6)38(27)17-19/h8-12,15-17,22-23H,13-14,18H2,1-7H3,(H2,32,33,34,35,39)/t22-,23+/m0/s1. The Bertz CT molecular complexity index is 1790. The summed E-state index contributed by atoms with van der Waals surface area (Å²) in [7, 11) is -3.69. The van der Waals surface area contributed by atoms with E-state index in [4.69, 9.17) is 8.92 Å². The van der Waals surface area contributed by atoms with Crippen LogP contribution >= 0.6 is 0 Å². The number of amides is 2. The van der Waals surface area contributed by atoms with E-state index in [-0.39, 0.29) is 41.2 Å². The van der Waals surface area contributed by atoms with Gasteiger partial charge in [-0.15, -0.1) is 10.2 Å². The van der Waals surface area contributed by atoms with Gasteiger partial charge in [0.05, 0.1) is 24.2 Å². The molecule has 13 heteroatoms. The minimum absolute atomic E-state index is 0.153. The van der Waals surface area contributed by atoms with Crippen LogP contribution in [0, 0.1) is 0 Å². The van der Waals surface area contributed by atoms with Crippen LogP contribution in [0.15, 0.2) is 48.7 Å². The number of rotatable bonds is 7. The number of fused-ring (bicyclic) bond motifs is 2. The molecular formula is C31H39N7O5S. The zero-order chi connectivity index (χ0) is 31.9. The molecular weight excluding hydrogens is 582 g/mol. The summed E-state index contributed by atoms with van der Waals surface area (Å²) in [6.07, 6.45) is 4.03. The van der Waals surface area contributed by atoms with Crippen molar-refractivity contribution in [3.8, 4) is 5.75 Å². The molecule has 234 valence electrons. The summed E-state index contributed by atoms with van der Waals surface area (Å²) in [6, 6.07) is 12.7. The molecule has 0 spiro atoms. The molecule has 3 aromatic heterocycles. The maximum Gasteiger partial charge on any atom is 0.320 e. The summed E-state index contributed by atoms with van der Waals surface area (Å²) in [4.78, 5) is 22.0. The Hall–Kier alpha value is -4.10. The topological polar surface area (TPSA) is 150 Å². The van der Waals surface area contributed by atoms with Crippen molar-refractivity contribution in [1.82, 2.24) is 29.9 Å². The van der Waals surface area contributed by atoms with E-state index >= 15 is 0 Å². The summed E-state index contributed by atoms with van der Waals surface area (Å²) in [5.74, 6) is 1.96. The quantitative estimate of drug-likeness (QED) is 0.260. The number of nitrogens with one attached hydrogen (secondary N) is 2. The summed E-state index contributed by atoms with van der Waals surface area (Å²) in [5.41, 5.74) is 2.81. The molecule has 2 N–H and O–H groups in total. The maximum atomic E-state index is 13.2. The molecule has 1 aliphatic carbocycles. The monoisotopic (exact) mass is 621 g/mol. The second-order valence-electron chi connectivity index (χ2n) is 13.1. The van der Waals surface area contributed by atoms with Crippen LogP contribution < -0.4 is 15.4 Å². The van der Waals surface area contributed by atoms with E-state index in [1.54, 1.807) is 6.07 Å². The van der Waals surface area contributed by atoms with Crippen LogP contribution in [0.5, 0.6) is 5.75 Å². The van der Waals surface area contributed by atoms with Gasteiger partial charge in [-0.3, -0.25) is 13.9 Å². The Kier molecular flexibility index (Phi) is 8.38. The summed E-state index contributed by atoms with van der Waals surface area (Å²) in [5, 5.41) is 14.5. The lowest BCUT2D eigenvalue weighted by Crippen LogP contribution is -2.36. The van der Waals surface area contributed by atoms with Crippen molar-refractivity contribution < 1.29 is 22.1 Å². The zero-order valence-corrected chi connectivity index (χ0v) is 26.9. The van der Waals surface area contributed by atoms with Gasteiger partial charge in [-0.05, 0) is 36.1 Å². The predicted octanol–water partition coefficient (Wildman–Crippen LogP) is 5.37. The van der Waals surface area contributed by atoms with Crippen molar-refractivity contribution in [3.63, 3.8) is 0 Å². The van der Waals surface area contributed by atoms with Gasteiger partial charge in [-0.2, -0.15) is 8.42 Å². The average Bonchev–Trinajstić information content (AvgIpc) is 3.36. The zero-order valence-electron chi connectivity index (χ0n) is 26.1. The number of carbonyl (C=O) groups excluding carboxylic acids is 1. The third-order valence-electron chi connectivity index (χ3n) is 7.25. The Labute approximate surface area is 257 Å². The number of urea groups is 1. The van der Waals surface area contributed by atoms with E-state index in [0.717, 1.165) is 28.9 Å². The Morgan fingerprint density at radius 1 is 0.977 bits per heavy atom. The molecule has 2 amide bonds. The molecule has 0 bridgehead atoms. The molecule has 1 aromatic carbocycles. The van der Waals surface area contributed by atoms with Crippen molar-refractivity contribution in [1.29, 1.82) is 0 Å². The average molecular weight is 622 g/mol. The first-order valence-corrected chi connectivity index (χ1v) is 16.3. The number of anilines is 1. The number of benzene rings is 1. The van der Waals surface area contributed by atoms with Gasteiger partial charge in [0, 0.05) is 16.9 Å². The molecule has 0 saturated carbocycles. The Morgan fingerprint density at radius 3 is 2.39 bits per heavy atom. The first-order chi connectivity index (χ1) is 20.6. The SMILES string of the molecule is CC(C)(C)c1cc(NC(=O)N[C@H]2CC[C@@H](Oc3ccc4nnc(C(C)(C)C)n4c3)c3ccccc32)nc(COS(C)(=O)=O)n1. The van der Waals surface area contributed by atoms with Gasteiger partial charge in [-0.25, -0.2) is 14.8 Å². The lowest BCUT2D eigenvalue weighted by atomic mass is 9.85. The van der Waals surface area contributed by atoms with Crippen LogP contribution in [0.1, 0.15) is 95.0 Å². The number of ether oxygens (including phenoxy) is 1. The second-order valence-corrected chi connectivity index (χ2v) is 14.7. The third kappa shape index (κ3) is 7.33. The van der Waals surface area contributed by atoms with Crippen LogP contribution in [0.25, 0.3) is 5.65 Å². The highest BCUT2D eigenvalue weighted by Gasteiger charge is 2.30. The predicted molar refractivity (Wildman–Crippen MR) is 166 cm³/mol. The maximum absolute atomic E-state index is 13.2. The number of pyridine rings is 1. The molecule has 1 aliphatic rings. The number of hydrogen-bond donors (Lipinski definition) is 2. The molecule has 2 atom stereocenters. The molecule has 12 nitrogen and oxygen atoms in total. The summed E-state index contributed by atoms with van der Waals surface area (Å²) < 4.78 is 36.4. The van der Waals surface area contributed by atoms with Crippen LogP contribution in [0.2, 0.25) is 0 Å². The first-order valence-electron chi connectivity index (χ1n) is 14.5. The lowest BCUT2D eigenvalue weighted by molar-refractivity contribution is 0.171. The fourth-order valence-electron chi connectivity index (χ4n) is 5.12. The lowest BCUT2D eigenvalue weighted by Gasteiger charge is -2.32. The number of aromatic nitrogens is 5. The Morgan fingerprint density at radius 2 is 1.70 bits per heavy atom. The molecule has 0 saturated heterocycles. The normalized spacial score (nSPS) is 17.2. The van der Waals surface area contributed by atoms with Crippen LogP contribution in [-0.2, 0) is 31.7 Å². The van der Waals surface area contributed by atoms with Gasteiger partial charge >= 0.3 is 6.03 Å². The van der Waals surface area contributed by atoms with Gasteiger partial charge < -0.3 is 10.1 Å². The molecule has 0 aliphatic heterocycles. The van der Waals surface area contributed by atoms with Gasteiger partial charge in [0.25, 0.3) is 10.1 Å². The van der Waals surface area contributed by atoms with Gasteiger partial charge in [0.1, 0.15) is 30.1 Å². The molecule has 4 aromatic rings.